The van der Waals surface area contributed by atoms with Crippen molar-refractivity contribution in [2.45, 2.75) is 6.42 Å². The fourth-order valence-electron chi connectivity index (χ4n) is 1.93. The maximum Gasteiger partial charge on any atom is 0.325 e. The number of carbonyl (C=O) groups excluding carboxylic acids is 3. The lowest BCUT2D eigenvalue weighted by Crippen LogP contribution is -2.34. The van der Waals surface area contributed by atoms with E-state index >= 15 is 0 Å². The molecule has 0 saturated heterocycles. The number of hydrogen-bond donors (Lipinski definition) is 2. The summed E-state index contributed by atoms with van der Waals surface area (Å²) in [5, 5.41) is 6.68. The van der Waals surface area contributed by atoms with E-state index in [9.17, 15) is 18.8 Å². The van der Waals surface area contributed by atoms with Crippen molar-refractivity contribution in [3.05, 3.63) is 58.0 Å². The third kappa shape index (κ3) is 6.34. The molecule has 2 aromatic rings. The Balaban J connectivity index is 1.60. The van der Waals surface area contributed by atoms with E-state index in [0.717, 1.165) is 0 Å². The van der Waals surface area contributed by atoms with Crippen molar-refractivity contribution in [1.29, 1.82) is 0 Å². The topological polar surface area (TPSA) is 84.5 Å². The van der Waals surface area contributed by atoms with E-state index in [2.05, 4.69) is 10.6 Å². The molecule has 0 aliphatic carbocycles. The first kappa shape index (κ1) is 18.6. The van der Waals surface area contributed by atoms with Gasteiger partial charge >= 0.3 is 5.97 Å². The van der Waals surface area contributed by atoms with E-state index in [-0.39, 0.29) is 24.8 Å². The maximum absolute atomic E-state index is 13.4. The largest absolute Gasteiger partial charge is 0.454 e. The third-order valence-electron chi connectivity index (χ3n) is 3.18. The highest BCUT2D eigenvalue weighted by Crippen LogP contribution is 2.07. The van der Waals surface area contributed by atoms with Crippen molar-refractivity contribution in [1.82, 2.24) is 10.6 Å². The zero-order valence-corrected chi connectivity index (χ0v) is 14.1. The van der Waals surface area contributed by atoms with Crippen molar-refractivity contribution in [3.63, 3.8) is 0 Å². The first-order valence-corrected chi connectivity index (χ1v) is 8.41. The molecular formula is C17H17FN2O4S. The van der Waals surface area contributed by atoms with Crippen LogP contribution in [0.1, 0.15) is 15.2 Å². The molecule has 1 heterocycles. The molecule has 0 atom stereocenters. The minimum Gasteiger partial charge on any atom is -0.454 e. The van der Waals surface area contributed by atoms with Crippen LogP contribution in [0.4, 0.5) is 4.39 Å². The summed E-state index contributed by atoms with van der Waals surface area (Å²) in [6, 6.07) is 9.65. The Hall–Kier alpha value is -2.74. The predicted molar refractivity (Wildman–Crippen MR) is 90.7 cm³/mol. The molecule has 1 aromatic heterocycles. The smallest absolute Gasteiger partial charge is 0.325 e. The number of halogens is 1. The van der Waals surface area contributed by atoms with Gasteiger partial charge in [-0.05, 0) is 29.5 Å². The summed E-state index contributed by atoms with van der Waals surface area (Å²) in [5.74, 6) is -1.91. The van der Waals surface area contributed by atoms with E-state index in [1.807, 2.05) is 0 Å². The average Bonchev–Trinajstić information content (AvgIpc) is 3.14. The molecule has 0 saturated carbocycles. The molecule has 132 valence electrons. The minimum atomic E-state index is -0.714. The Kier molecular flexibility index (Phi) is 7.09. The molecule has 0 aliphatic heterocycles. The van der Waals surface area contributed by atoms with Gasteiger partial charge in [0.25, 0.3) is 11.8 Å². The van der Waals surface area contributed by atoms with Crippen molar-refractivity contribution in [2.24, 2.45) is 0 Å². The van der Waals surface area contributed by atoms with E-state index in [4.69, 9.17) is 4.74 Å². The van der Waals surface area contributed by atoms with Gasteiger partial charge in [0.15, 0.2) is 6.61 Å². The van der Waals surface area contributed by atoms with Crippen molar-refractivity contribution >= 4 is 29.1 Å². The summed E-state index contributed by atoms with van der Waals surface area (Å²) in [5.41, 5.74) is 0.496. The van der Waals surface area contributed by atoms with Crippen LogP contribution in [-0.4, -0.2) is 37.5 Å². The first-order valence-electron chi connectivity index (χ1n) is 7.53. The van der Waals surface area contributed by atoms with Gasteiger partial charge in [0, 0.05) is 6.54 Å². The van der Waals surface area contributed by atoms with Crippen LogP contribution in [0, 0.1) is 5.82 Å². The number of nitrogens with one attached hydrogen (secondary N) is 2. The van der Waals surface area contributed by atoms with Crippen molar-refractivity contribution in [2.75, 3.05) is 19.7 Å². The number of benzene rings is 1. The lowest BCUT2D eigenvalue weighted by Gasteiger charge is -2.07. The summed E-state index contributed by atoms with van der Waals surface area (Å²) in [6.45, 7) is -0.545. The lowest BCUT2D eigenvalue weighted by molar-refractivity contribution is -0.147. The van der Waals surface area contributed by atoms with E-state index in [1.54, 1.807) is 35.7 Å². The third-order valence-corrected chi connectivity index (χ3v) is 4.05. The Morgan fingerprint density at radius 1 is 1.08 bits per heavy atom. The standard InChI is InChI=1S/C17H17FN2O4S/c18-13-5-2-1-4-12(13)7-8-19-15(21)11-24-16(22)10-20-17(23)14-6-3-9-25-14/h1-6,9H,7-8,10-11H2,(H,19,21)(H,20,23). The van der Waals surface area contributed by atoms with Crippen LogP contribution < -0.4 is 10.6 Å². The number of esters is 1. The Morgan fingerprint density at radius 3 is 2.60 bits per heavy atom. The molecule has 0 unspecified atom stereocenters. The normalized spacial score (nSPS) is 10.1. The molecule has 0 bridgehead atoms. The van der Waals surface area contributed by atoms with Crippen LogP contribution in [-0.2, 0) is 20.7 Å². The second kappa shape index (κ2) is 9.53. The summed E-state index contributed by atoms with van der Waals surface area (Å²) in [7, 11) is 0. The number of carbonyl (C=O) groups is 3. The molecule has 0 radical (unpaired) electrons. The molecule has 25 heavy (non-hydrogen) atoms. The first-order chi connectivity index (χ1) is 12.1. The zero-order valence-electron chi connectivity index (χ0n) is 13.3. The molecule has 8 heteroatoms. The van der Waals surface area contributed by atoms with Crippen molar-refractivity contribution in [3.8, 4) is 0 Å². The SMILES string of the molecule is O=C(COC(=O)CNC(=O)c1cccs1)NCCc1ccccc1F. The Morgan fingerprint density at radius 2 is 1.88 bits per heavy atom. The van der Waals surface area contributed by atoms with Gasteiger partial charge in [-0.3, -0.25) is 14.4 Å². The van der Waals surface area contributed by atoms with E-state index in [0.29, 0.717) is 16.9 Å². The molecule has 6 nitrogen and oxygen atoms in total. The molecular weight excluding hydrogens is 347 g/mol. The summed E-state index contributed by atoms with van der Waals surface area (Å²) in [4.78, 5) is 35.2. The van der Waals surface area contributed by atoms with Crippen LogP contribution in [0.5, 0.6) is 0 Å². The number of amides is 2. The van der Waals surface area contributed by atoms with E-state index < -0.39 is 18.5 Å². The second-order valence-electron chi connectivity index (χ2n) is 5.01. The second-order valence-corrected chi connectivity index (χ2v) is 5.96. The van der Waals surface area contributed by atoms with Crippen LogP contribution in [0.15, 0.2) is 41.8 Å². The molecule has 1 aromatic carbocycles. The number of rotatable bonds is 8. The summed E-state index contributed by atoms with van der Waals surface area (Å²) in [6.07, 6.45) is 0.337. The molecule has 2 amide bonds. The monoisotopic (exact) mass is 364 g/mol. The van der Waals surface area contributed by atoms with Crippen LogP contribution >= 0.6 is 11.3 Å². The maximum atomic E-state index is 13.4. The number of ether oxygens (including phenoxy) is 1. The summed E-state index contributed by atoms with van der Waals surface area (Å²) >= 11 is 1.25. The Labute approximate surface area is 148 Å². The van der Waals surface area contributed by atoms with Gasteiger partial charge in [0.1, 0.15) is 12.4 Å². The number of thiophene rings is 1. The van der Waals surface area contributed by atoms with Gasteiger partial charge in [-0.15, -0.1) is 11.3 Å². The average molecular weight is 364 g/mol. The quantitative estimate of drug-likeness (QED) is 0.696. The van der Waals surface area contributed by atoms with Crippen LogP contribution in [0.2, 0.25) is 0 Å². The van der Waals surface area contributed by atoms with Crippen LogP contribution in [0.3, 0.4) is 0 Å². The molecule has 0 spiro atoms. The zero-order chi connectivity index (χ0) is 18.1. The predicted octanol–water partition coefficient (Wildman–Crippen LogP) is 1.52. The lowest BCUT2D eigenvalue weighted by atomic mass is 10.1. The molecule has 2 N–H and O–H groups in total. The highest BCUT2D eigenvalue weighted by Gasteiger charge is 2.11. The highest BCUT2D eigenvalue weighted by molar-refractivity contribution is 7.12. The summed E-state index contributed by atoms with van der Waals surface area (Å²) < 4.78 is 18.2. The van der Waals surface area contributed by atoms with Crippen molar-refractivity contribution < 1.29 is 23.5 Å². The van der Waals surface area contributed by atoms with Gasteiger partial charge in [-0.1, -0.05) is 24.3 Å². The van der Waals surface area contributed by atoms with E-state index in [1.165, 1.54) is 17.4 Å². The van der Waals surface area contributed by atoms with Gasteiger partial charge < -0.3 is 15.4 Å². The van der Waals surface area contributed by atoms with Gasteiger partial charge in [0.2, 0.25) is 0 Å². The minimum absolute atomic E-state index is 0.229. The fourth-order valence-corrected chi connectivity index (χ4v) is 2.57. The number of hydrogen-bond acceptors (Lipinski definition) is 5. The molecule has 0 fully saturated rings. The Bertz CT molecular complexity index is 734. The fraction of sp³-hybridized carbons (Fsp3) is 0.235. The molecule has 0 aliphatic rings. The van der Waals surface area contributed by atoms with Gasteiger partial charge in [-0.25, -0.2) is 4.39 Å². The van der Waals surface area contributed by atoms with Gasteiger partial charge in [0.05, 0.1) is 4.88 Å². The highest BCUT2D eigenvalue weighted by atomic mass is 32.1. The van der Waals surface area contributed by atoms with Gasteiger partial charge in [-0.2, -0.15) is 0 Å². The molecule has 2 rings (SSSR count). The van der Waals surface area contributed by atoms with Crippen LogP contribution in [0.25, 0.3) is 0 Å².